The van der Waals surface area contributed by atoms with Crippen LogP contribution in [0.2, 0.25) is 0 Å². The number of hydrogen-bond donors (Lipinski definition) is 1. The van der Waals surface area contributed by atoms with Crippen molar-refractivity contribution in [2.75, 3.05) is 19.7 Å². The van der Waals surface area contributed by atoms with Gasteiger partial charge in [0.1, 0.15) is 0 Å². The summed E-state index contributed by atoms with van der Waals surface area (Å²) in [4.78, 5) is 2.39. The Morgan fingerprint density at radius 1 is 1.42 bits per heavy atom. The highest BCUT2D eigenvalue weighted by Crippen LogP contribution is 2.15. The predicted octanol–water partition coefficient (Wildman–Crippen LogP) is 1.88. The Morgan fingerprint density at radius 2 is 2.08 bits per heavy atom. The number of likely N-dealkylation sites (tertiary alicyclic amines) is 1. The second-order valence-corrected chi connectivity index (χ2v) is 3.01. The SMILES string of the molecule is CC.CCCN1CCCC1CO. The number of nitrogens with zero attached hydrogens (tertiary/aromatic N) is 1. The molecule has 0 radical (unpaired) electrons. The number of aliphatic hydroxyl groups excluding tert-OH is 1. The van der Waals surface area contributed by atoms with Gasteiger partial charge in [-0.05, 0) is 32.4 Å². The molecule has 2 nitrogen and oxygen atoms in total. The Hall–Kier alpha value is -0.0800. The first-order valence-electron chi connectivity index (χ1n) is 5.23. The van der Waals surface area contributed by atoms with Crippen molar-refractivity contribution >= 4 is 0 Å². The fourth-order valence-electron chi connectivity index (χ4n) is 1.68. The molecule has 2 heteroatoms. The molecule has 0 aliphatic carbocycles. The summed E-state index contributed by atoms with van der Waals surface area (Å²) in [5.41, 5.74) is 0. The van der Waals surface area contributed by atoms with Crippen molar-refractivity contribution in [1.82, 2.24) is 4.90 Å². The van der Waals surface area contributed by atoms with E-state index in [9.17, 15) is 0 Å². The fraction of sp³-hybridized carbons (Fsp3) is 1.00. The van der Waals surface area contributed by atoms with E-state index in [0.717, 1.165) is 6.54 Å². The van der Waals surface area contributed by atoms with E-state index in [0.29, 0.717) is 12.6 Å². The molecule has 1 aliphatic heterocycles. The zero-order chi connectivity index (χ0) is 9.40. The number of hydrogen-bond acceptors (Lipinski definition) is 2. The van der Waals surface area contributed by atoms with Crippen LogP contribution in [0.4, 0.5) is 0 Å². The lowest BCUT2D eigenvalue weighted by Crippen LogP contribution is -2.32. The van der Waals surface area contributed by atoms with Crippen LogP contribution in [-0.4, -0.2) is 35.7 Å². The molecule has 1 fully saturated rings. The molecule has 0 bridgehead atoms. The van der Waals surface area contributed by atoms with Crippen LogP contribution >= 0.6 is 0 Å². The summed E-state index contributed by atoms with van der Waals surface area (Å²) in [7, 11) is 0. The second-order valence-electron chi connectivity index (χ2n) is 3.01. The van der Waals surface area contributed by atoms with Crippen LogP contribution in [0.25, 0.3) is 0 Å². The van der Waals surface area contributed by atoms with E-state index in [1.165, 1.54) is 25.8 Å². The molecule has 0 saturated carbocycles. The van der Waals surface area contributed by atoms with Crippen molar-refractivity contribution in [3.63, 3.8) is 0 Å². The largest absolute Gasteiger partial charge is 0.395 e. The summed E-state index contributed by atoms with van der Waals surface area (Å²) in [5.74, 6) is 0. The normalized spacial score (nSPS) is 23.5. The molecule has 0 aromatic rings. The van der Waals surface area contributed by atoms with Crippen LogP contribution in [0, 0.1) is 0 Å². The summed E-state index contributed by atoms with van der Waals surface area (Å²) in [6.45, 7) is 8.89. The van der Waals surface area contributed by atoms with Gasteiger partial charge in [-0.15, -0.1) is 0 Å². The van der Waals surface area contributed by atoms with E-state index < -0.39 is 0 Å². The van der Waals surface area contributed by atoms with E-state index in [1.807, 2.05) is 13.8 Å². The highest BCUT2D eigenvalue weighted by molar-refractivity contribution is 4.77. The van der Waals surface area contributed by atoms with Crippen molar-refractivity contribution in [3.8, 4) is 0 Å². The Balaban J connectivity index is 0.000000561. The molecule has 1 atom stereocenters. The van der Waals surface area contributed by atoms with Crippen molar-refractivity contribution in [2.24, 2.45) is 0 Å². The third-order valence-corrected chi connectivity index (χ3v) is 2.22. The van der Waals surface area contributed by atoms with Gasteiger partial charge in [0, 0.05) is 6.04 Å². The summed E-state index contributed by atoms with van der Waals surface area (Å²) >= 11 is 0. The van der Waals surface area contributed by atoms with Crippen molar-refractivity contribution in [2.45, 2.75) is 46.1 Å². The van der Waals surface area contributed by atoms with Gasteiger partial charge < -0.3 is 5.11 Å². The maximum atomic E-state index is 8.92. The highest BCUT2D eigenvalue weighted by Gasteiger charge is 2.21. The first kappa shape index (κ1) is 11.9. The lowest BCUT2D eigenvalue weighted by atomic mass is 10.2. The fourth-order valence-corrected chi connectivity index (χ4v) is 1.68. The molecule has 1 unspecified atom stereocenters. The third-order valence-electron chi connectivity index (χ3n) is 2.22. The second kappa shape index (κ2) is 7.56. The standard InChI is InChI=1S/C8H17NO.C2H6/c1-2-5-9-6-3-4-8(9)7-10;1-2/h8,10H,2-7H2,1H3;1-2H3. The van der Waals surface area contributed by atoms with Gasteiger partial charge in [-0.25, -0.2) is 0 Å². The molecule has 1 aliphatic rings. The summed E-state index contributed by atoms with van der Waals surface area (Å²) in [6.07, 6.45) is 3.66. The van der Waals surface area contributed by atoms with Gasteiger partial charge in [-0.3, -0.25) is 4.90 Å². The average Bonchev–Trinajstić information content (AvgIpc) is 2.56. The van der Waals surface area contributed by atoms with Gasteiger partial charge >= 0.3 is 0 Å². The quantitative estimate of drug-likeness (QED) is 0.704. The first-order chi connectivity index (χ1) is 5.88. The molecule has 1 heterocycles. The molecule has 1 rings (SSSR count). The molecule has 0 amide bonds. The van der Waals surface area contributed by atoms with E-state index in [-0.39, 0.29) is 0 Å². The average molecular weight is 173 g/mol. The molecule has 0 spiro atoms. The van der Waals surface area contributed by atoms with Crippen molar-refractivity contribution < 1.29 is 5.11 Å². The Kier molecular flexibility index (Phi) is 7.51. The smallest absolute Gasteiger partial charge is 0.0586 e. The lowest BCUT2D eigenvalue weighted by molar-refractivity contribution is 0.159. The molecular formula is C10H23NO. The van der Waals surface area contributed by atoms with Crippen molar-refractivity contribution in [3.05, 3.63) is 0 Å². The topological polar surface area (TPSA) is 23.5 Å². The molecular weight excluding hydrogens is 150 g/mol. The molecule has 0 aromatic carbocycles. The minimum Gasteiger partial charge on any atom is -0.395 e. The zero-order valence-corrected chi connectivity index (χ0v) is 8.71. The van der Waals surface area contributed by atoms with Crippen molar-refractivity contribution in [1.29, 1.82) is 0 Å². The maximum Gasteiger partial charge on any atom is 0.0586 e. The maximum absolute atomic E-state index is 8.92. The number of rotatable bonds is 3. The molecule has 74 valence electrons. The Morgan fingerprint density at radius 3 is 2.58 bits per heavy atom. The third kappa shape index (κ3) is 3.55. The summed E-state index contributed by atoms with van der Waals surface area (Å²) in [5, 5.41) is 8.92. The van der Waals surface area contributed by atoms with Crippen LogP contribution in [0.3, 0.4) is 0 Å². The molecule has 1 saturated heterocycles. The minimum absolute atomic E-state index is 0.347. The molecule has 1 N–H and O–H groups in total. The zero-order valence-electron chi connectivity index (χ0n) is 8.71. The lowest BCUT2D eigenvalue weighted by Gasteiger charge is -2.21. The van der Waals surface area contributed by atoms with Gasteiger partial charge in [-0.2, -0.15) is 0 Å². The van der Waals surface area contributed by atoms with E-state index in [1.54, 1.807) is 0 Å². The molecule has 12 heavy (non-hydrogen) atoms. The molecule has 0 aromatic heterocycles. The van der Waals surface area contributed by atoms with Gasteiger partial charge in [0.15, 0.2) is 0 Å². The Bertz CT molecular complexity index is 95.8. The predicted molar refractivity (Wildman–Crippen MR) is 53.3 cm³/mol. The van der Waals surface area contributed by atoms with Gasteiger partial charge in [-0.1, -0.05) is 20.8 Å². The van der Waals surface area contributed by atoms with Crippen LogP contribution in [-0.2, 0) is 0 Å². The summed E-state index contributed by atoms with van der Waals surface area (Å²) < 4.78 is 0. The van der Waals surface area contributed by atoms with E-state index in [2.05, 4.69) is 11.8 Å². The first-order valence-corrected chi connectivity index (χ1v) is 5.23. The van der Waals surface area contributed by atoms with Crippen LogP contribution < -0.4 is 0 Å². The van der Waals surface area contributed by atoms with Crippen LogP contribution in [0.15, 0.2) is 0 Å². The van der Waals surface area contributed by atoms with E-state index in [4.69, 9.17) is 5.11 Å². The van der Waals surface area contributed by atoms with Gasteiger partial charge in [0.25, 0.3) is 0 Å². The van der Waals surface area contributed by atoms with Crippen LogP contribution in [0.1, 0.15) is 40.0 Å². The summed E-state index contributed by atoms with van der Waals surface area (Å²) in [6, 6.07) is 0.472. The minimum atomic E-state index is 0.347. The van der Waals surface area contributed by atoms with E-state index >= 15 is 0 Å². The monoisotopic (exact) mass is 173 g/mol. The van der Waals surface area contributed by atoms with Gasteiger partial charge in [0.05, 0.1) is 6.61 Å². The van der Waals surface area contributed by atoms with Crippen LogP contribution in [0.5, 0.6) is 0 Å². The highest BCUT2D eigenvalue weighted by atomic mass is 16.3. The Labute approximate surface area is 76.6 Å². The van der Waals surface area contributed by atoms with Gasteiger partial charge in [0.2, 0.25) is 0 Å². The number of aliphatic hydroxyl groups is 1.